The van der Waals surface area contributed by atoms with E-state index in [-0.39, 0.29) is 30.3 Å². The van der Waals surface area contributed by atoms with Crippen molar-refractivity contribution < 1.29 is 24.2 Å². The van der Waals surface area contributed by atoms with Gasteiger partial charge in [-0.1, -0.05) is 54.6 Å². The molecule has 2 aromatic rings. The van der Waals surface area contributed by atoms with E-state index in [9.17, 15) is 14.4 Å². The molecule has 1 saturated carbocycles. The minimum absolute atomic E-state index is 0.0150. The summed E-state index contributed by atoms with van der Waals surface area (Å²) in [5.41, 5.74) is 5.07. The van der Waals surface area contributed by atoms with Crippen LogP contribution in [0, 0.1) is 11.8 Å². The number of carboxylic acid groups (broad SMARTS) is 1. The molecule has 33 heavy (non-hydrogen) atoms. The number of hydrogen-bond acceptors (Lipinski definition) is 4. The van der Waals surface area contributed by atoms with Crippen LogP contribution in [-0.4, -0.2) is 54.2 Å². The van der Waals surface area contributed by atoms with Crippen molar-refractivity contribution in [2.24, 2.45) is 11.8 Å². The average Bonchev–Trinajstić information content (AvgIpc) is 3.56. The first-order valence-corrected chi connectivity index (χ1v) is 11.3. The summed E-state index contributed by atoms with van der Waals surface area (Å²) in [6, 6.07) is 16.4. The van der Waals surface area contributed by atoms with Gasteiger partial charge in [-0.2, -0.15) is 0 Å². The van der Waals surface area contributed by atoms with Crippen molar-refractivity contribution in [2.45, 2.75) is 18.8 Å². The molecule has 7 nitrogen and oxygen atoms in total. The van der Waals surface area contributed by atoms with Crippen LogP contribution in [0.2, 0.25) is 0 Å². The highest BCUT2D eigenvalue weighted by molar-refractivity contribution is 5.88. The van der Waals surface area contributed by atoms with Crippen LogP contribution in [0.15, 0.2) is 60.2 Å². The predicted octanol–water partition coefficient (Wildman–Crippen LogP) is 3.40. The number of nitrogens with one attached hydrogen (secondary N) is 1. The zero-order valence-corrected chi connectivity index (χ0v) is 18.2. The van der Waals surface area contributed by atoms with Gasteiger partial charge in [0.1, 0.15) is 6.61 Å². The number of amides is 2. The lowest BCUT2D eigenvalue weighted by molar-refractivity contribution is -0.135. The Bertz CT molecular complexity index is 1100. The quantitative estimate of drug-likeness (QED) is 0.709. The molecule has 0 aromatic heterocycles. The van der Waals surface area contributed by atoms with Crippen molar-refractivity contribution >= 4 is 18.0 Å². The van der Waals surface area contributed by atoms with E-state index >= 15 is 0 Å². The molecular weight excluding hydrogens is 420 g/mol. The number of alkyl carbamates (subject to hydrolysis) is 1. The number of nitrogens with zero attached hydrogens (tertiary/aromatic N) is 1. The number of fused-ring (bicyclic) bond motifs is 3. The second kappa shape index (κ2) is 8.73. The van der Waals surface area contributed by atoms with Crippen molar-refractivity contribution in [2.75, 3.05) is 26.2 Å². The van der Waals surface area contributed by atoms with E-state index in [0.29, 0.717) is 31.6 Å². The van der Waals surface area contributed by atoms with Crippen molar-refractivity contribution in [3.8, 4) is 11.1 Å². The monoisotopic (exact) mass is 446 g/mol. The SMILES string of the molecule is O=C(NC[C@H]1C[C@H]1C(=O)N1CC=C(C(=O)O)CC1)OCC1c2ccccc2-c2ccccc21. The van der Waals surface area contributed by atoms with Crippen molar-refractivity contribution in [3.05, 3.63) is 71.3 Å². The maximum absolute atomic E-state index is 12.6. The Hall–Kier alpha value is -3.61. The summed E-state index contributed by atoms with van der Waals surface area (Å²) in [7, 11) is 0. The molecule has 170 valence electrons. The Kier molecular flexibility index (Phi) is 5.62. The molecule has 3 aliphatic rings. The summed E-state index contributed by atoms with van der Waals surface area (Å²) in [6.07, 6.45) is 2.24. The van der Waals surface area contributed by atoms with E-state index in [2.05, 4.69) is 29.6 Å². The Morgan fingerprint density at radius 1 is 1.03 bits per heavy atom. The van der Waals surface area contributed by atoms with Crippen molar-refractivity contribution in [1.29, 1.82) is 0 Å². The fourth-order valence-corrected chi connectivity index (χ4v) is 4.94. The normalized spacial score (nSPS) is 21.0. The van der Waals surface area contributed by atoms with E-state index in [1.165, 1.54) is 22.3 Å². The maximum atomic E-state index is 12.6. The van der Waals surface area contributed by atoms with E-state index in [0.717, 1.165) is 6.42 Å². The minimum atomic E-state index is -0.918. The van der Waals surface area contributed by atoms with Gasteiger partial charge in [0, 0.05) is 37.0 Å². The number of carbonyl (C=O) groups is 3. The first kappa shape index (κ1) is 21.2. The molecule has 0 saturated heterocycles. The van der Waals surface area contributed by atoms with Gasteiger partial charge >= 0.3 is 12.1 Å². The van der Waals surface area contributed by atoms with Gasteiger partial charge < -0.3 is 20.1 Å². The van der Waals surface area contributed by atoms with Gasteiger partial charge in [-0.05, 0) is 41.0 Å². The van der Waals surface area contributed by atoms with Crippen LogP contribution < -0.4 is 5.32 Å². The summed E-state index contributed by atoms with van der Waals surface area (Å²) in [4.78, 5) is 37.7. The average molecular weight is 447 g/mol. The van der Waals surface area contributed by atoms with Gasteiger partial charge in [0.05, 0.1) is 0 Å². The number of ether oxygens (including phenoxy) is 1. The molecule has 0 bridgehead atoms. The Balaban J connectivity index is 1.10. The second-order valence-corrected chi connectivity index (χ2v) is 8.88. The smallest absolute Gasteiger partial charge is 0.407 e. The third-order valence-electron chi connectivity index (χ3n) is 6.89. The molecule has 2 aromatic carbocycles. The van der Waals surface area contributed by atoms with Crippen LogP contribution in [0.1, 0.15) is 29.9 Å². The molecule has 0 unspecified atom stereocenters. The molecule has 0 radical (unpaired) electrons. The number of hydrogen-bond donors (Lipinski definition) is 2. The summed E-state index contributed by atoms with van der Waals surface area (Å²) < 4.78 is 5.56. The molecule has 1 fully saturated rings. The maximum Gasteiger partial charge on any atom is 0.407 e. The summed E-state index contributed by atoms with van der Waals surface area (Å²) in [5.74, 6) is -0.878. The highest BCUT2D eigenvalue weighted by Gasteiger charge is 2.45. The molecule has 2 aliphatic carbocycles. The first-order valence-electron chi connectivity index (χ1n) is 11.3. The second-order valence-electron chi connectivity index (χ2n) is 8.88. The molecule has 1 heterocycles. The van der Waals surface area contributed by atoms with Gasteiger partial charge in [0.25, 0.3) is 0 Å². The van der Waals surface area contributed by atoms with Gasteiger partial charge in [0.2, 0.25) is 5.91 Å². The van der Waals surface area contributed by atoms with E-state index in [1.54, 1.807) is 11.0 Å². The lowest BCUT2D eigenvalue weighted by Crippen LogP contribution is -2.37. The van der Waals surface area contributed by atoms with E-state index in [1.807, 2.05) is 24.3 Å². The fourth-order valence-electron chi connectivity index (χ4n) is 4.94. The molecule has 2 N–H and O–H groups in total. The topological polar surface area (TPSA) is 95.9 Å². The zero-order valence-electron chi connectivity index (χ0n) is 18.2. The molecule has 7 heteroatoms. The van der Waals surface area contributed by atoms with Crippen molar-refractivity contribution in [3.63, 3.8) is 0 Å². The molecule has 5 rings (SSSR count). The summed E-state index contributed by atoms with van der Waals surface area (Å²) in [5, 5.41) is 11.8. The Morgan fingerprint density at radius 3 is 2.30 bits per heavy atom. The number of aliphatic carboxylic acids is 1. The molecule has 2 amide bonds. The zero-order chi connectivity index (χ0) is 22.9. The Labute approximate surface area is 192 Å². The standard InChI is InChI=1S/C26H26N2O5/c29-24(28-11-9-16(10-12-28)25(30)31)22-13-17(22)14-27-26(32)33-15-23-20-7-3-1-5-18(20)19-6-2-4-8-21(19)23/h1-9,17,22-23H,10-15H2,(H,27,32)(H,30,31)/t17-,22-/m1/s1. The van der Waals surface area contributed by atoms with Crippen LogP contribution in [0.25, 0.3) is 11.1 Å². The summed E-state index contributed by atoms with van der Waals surface area (Å²) in [6.45, 7) is 1.43. The molecular formula is C26H26N2O5. The van der Waals surface area contributed by atoms with Crippen molar-refractivity contribution in [1.82, 2.24) is 10.2 Å². The van der Waals surface area contributed by atoms with Crippen LogP contribution >= 0.6 is 0 Å². The lowest BCUT2D eigenvalue weighted by atomic mass is 9.98. The Morgan fingerprint density at radius 2 is 1.70 bits per heavy atom. The van der Waals surface area contributed by atoms with Gasteiger partial charge in [-0.15, -0.1) is 0 Å². The first-order chi connectivity index (χ1) is 16.0. The third kappa shape index (κ3) is 4.23. The largest absolute Gasteiger partial charge is 0.478 e. The third-order valence-corrected chi connectivity index (χ3v) is 6.89. The predicted molar refractivity (Wildman–Crippen MR) is 122 cm³/mol. The van der Waals surface area contributed by atoms with Crippen LogP contribution in [0.5, 0.6) is 0 Å². The number of benzene rings is 2. The van der Waals surface area contributed by atoms with Crippen LogP contribution in [0.3, 0.4) is 0 Å². The highest BCUT2D eigenvalue weighted by Crippen LogP contribution is 2.44. The number of rotatable bonds is 6. The number of carboxylic acids is 1. The molecule has 0 spiro atoms. The van der Waals surface area contributed by atoms with Crippen LogP contribution in [0.4, 0.5) is 4.79 Å². The highest BCUT2D eigenvalue weighted by atomic mass is 16.5. The van der Waals surface area contributed by atoms with E-state index in [4.69, 9.17) is 9.84 Å². The van der Waals surface area contributed by atoms with Gasteiger partial charge in [-0.25, -0.2) is 9.59 Å². The summed E-state index contributed by atoms with van der Waals surface area (Å²) >= 11 is 0. The van der Waals surface area contributed by atoms with Crippen LogP contribution in [-0.2, 0) is 14.3 Å². The number of carbonyl (C=O) groups excluding carboxylic acids is 2. The minimum Gasteiger partial charge on any atom is -0.478 e. The fraction of sp³-hybridized carbons (Fsp3) is 0.346. The molecule has 2 atom stereocenters. The lowest BCUT2D eigenvalue weighted by Gasteiger charge is -2.25. The van der Waals surface area contributed by atoms with E-state index < -0.39 is 12.1 Å². The van der Waals surface area contributed by atoms with Gasteiger partial charge in [0.15, 0.2) is 0 Å². The molecule has 1 aliphatic heterocycles. The van der Waals surface area contributed by atoms with Gasteiger partial charge in [-0.3, -0.25) is 4.79 Å².